The lowest BCUT2D eigenvalue weighted by Gasteiger charge is -2.04. The minimum absolute atomic E-state index is 0.156. The van der Waals surface area contributed by atoms with Crippen molar-refractivity contribution >= 4 is 39.1 Å². The minimum Gasteiger partial charge on any atom is -0.494 e. The van der Waals surface area contributed by atoms with Gasteiger partial charge in [0.25, 0.3) is 5.82 Å². The maximum atomic E-state index is 11.5. The number of fused-ring (bicyclic) bond motifs is 1. The molecule has 3 aromatic carbocycles. The second-order valence-electron chi connectivity index (χ2n) is 8.23. The maximum Gasteiger partial charge on any atom is 0.365 e. The maximum absolute atomic E-state index is 11.5. The van der Waals surface area contributed by atoms with E-state index in [2.05, 4.69) is 5.32 Å². The molecule has 0 unspecified atom stereocenters. The number of nitrogens with zero attached hydrogens (tertiary/aromatic N) is 5. The molecule has 2 heterocycles. The van der Waals surface area contributed by atoms with E-state index in [9.17, 15) is 14.7 Å². The summed E-state index contributed by atoms with van der Waals surface area (Å²) in [6, 6.07) is 17.7. The Kier molecular flexibility index (Phi) is 6.36. The lowest BCUT2D eigenvalue weighted by Crippen LogP contribution is -2.43. The summed E-state index contributed by atoms with van der Waals surface area (Å²) in [5, 5.41) is 22.2. The number of carboxylic acid groups (broad SMARTS) is 1. The fourth-order valence-corrected chi connectivity index (χ4v) is 4.77. The molecule has 11 heteroatoms. The molecule has 37 heavy (non-hydrogen) atoms. The van der Waals surface area contributed by atoms with Gasteiger partial charge in [-0.1, -0.05) is 16.3 Å². The van der Waals surface area contributed by atoms with Gasteiger partial charge in [0.05, 0.1) is 16.9 Å². The van der Waals surface area contributed by atoms with Crippen LogP contribution in [0, 0.1) is 6.92 Å². The second-order valence-corrected chi connectivity index (χ2v) is 9.24. The first-order chi connectivity index (χ1) is 17.8. The average molecular weight is 516 g/mol. The first-order valence-electron chi connectivity index (χ1n) is 11.5. The van der Waals surface area contributed by atoms with Crippen molar-refractivity contribution in [1.82, 2.24) is 20.0 Å². The Morgan fingerprint density at radius 1 is 1.11 bits per heavy atom. The van der Waals surface area contributed by atoms with Crippen molar-refractivity contribution < 1.29 is 24.2 Å². The standard InChI is InChI=1S/C26H22N6O4S/c1-4-36-20-10-11-21-23(14-20)37-26(28-21)32-30-24(17-5-8-19(9-6-17)27-16(3)33)29-31(32)22-12-7-18(25(34)35)13-15(22)2/h5-14H,4H2,1-3H3,(H-,27,29,30,33,34,35)/p+1. The van der Waals surface area contributed by atoms with Gasteiger partial charge in [0, 0.05) is 29.3 Å². The number of amides is 1. The lowest BCUT2D eigenvalue weighted by atomic mass is 10.1. The van der Waals surface area contributed by atoms with E-state index in [1.807, 2.05) is 44.2 Å². The van der Waals surface area contributed by atoms with Crippen molar-refractivity contribution in [2.75, 3.05) is 11.9 Å². The van der Waals surface area contributed by atoms with Crippen LogP contribution in [0.15, 0.2) is 60.7 Å². The summed E-state index contributed by atoms with van der Waals surface area (Å²) in [6.45, 7) is 5.77. The van der Waals surface area contributed by atoms with E-state index in [4.69, 9.17) is 19.9 Å². The van der Waals surface area contributed by atoms with Gasteiger partial charge in [-0.2, -0.15) is 0 Å². The zero-order valence-corrected chi connectivity index (χ0v) is 21.1. The summed E-state index contributed by atoms with van der Waals surface area (Å²) < 4.78 is 6.56. The summed E-state index contributed by atoms with van der Waals surface area (Å²) in [6.07, 6.45) is 0. The number of nitrogens with one attached hydrogen (secondary N) is 1. The molecule has 10 nitrogen and oxygen atoms in total. The van der Waals surface area contributed by atoms with Crippen LogP contribution in [0.4, 0.5) is 5.69 Å². The minimum atomic E-state index is -1.00. The van der Waals surface area contributed by atoms with E-state index >= 15 is 0 Å². The number of aromatic carboxylic acids is 1. The van der Waals surface area contributed by atoms with Crippen molar-refractivity contribution in [1.29, 1.82) is 0 Å². The average Bonchev–Trinajstić information content (AvgIpc) is 3.48. The van der Waals surface area contributed by atoms with Crippen LogP contribution in [0.25, 0.3) is 32.4 Å². The van der Waals surface area contributed by atoms with Crippen LogP contribution in [-0.4, -0.2) is 43.6 Å². The van der Waals surface area contributed by atoms with Gasteiger partial charge in [0.2, 0.25) is 5.91 Å². The summed E-state index contributed by atoms with van der Waals surface area (Å²) >= 11 is 1.44. The van der Waals surface area contributed by atoms with Crippen LogP contribution in [-0.2, 0) is 4.79 Å². The van der Waals surface area contributed by atoms with Crippen LogP contribution in [0.1, 0.15) is 29.8 Å². The summed E-state index contributed by atoms with van der Waals surface area (Å²) in [4.78, 5) is 30.8. The van der Waals surface area contributed by atoms with Crippen LogP contribution in [0.5, 0.6) is 5.75 Å². The highest BCUT2D eigenvalue weighted by Crippen LogP contribution is 2.27. The third kappa shape index (κ3) is 4.89. The summed E-state index contributed by atoms with van der Waals surface area (Å²) in [5.74, 6) is 0.0380. The Morgan fingerprint density at radius 3 is 2.57 bits per heavy atom. The third-order valence-corrected chi connectivity index (χ3v) is 6.50. The van der Waals surface area contributed by atoms with Gasteiger partial charge in [-0.3, -0.25) is 4.79 Å². The number of hydrogen-bond acceptors (Lipinski definition) is 7. The number of carboxylic acids is 1. The highest BCUT2D eigenvalue weighted by molar-refractivity contribution is 7.20. The van der Waals surface area contributed by atoms with Crippen LogP contribution in [0.3, 0.4) is 0 Å². The van der Waals surface area contributed by atoms with Crippen molar-refractivity contribution in [3.63, 3.8) is 0 Å². The highest BCUT2D eigenvalue weighted by Gasteiger charge is 2.26. The zero-order chi connectivity index (χ0) is 26.1. The monoisotopic (exact) mass is 515 g/mol. The van der Waals surface area contributed by atoms with E-state index in [1.54, 1.807) is 33.9 Å². The third-order valence-electron chi connectivity index (χ3n) is 5.51. The van der Waals surface area contributed by atoms with Crippen LogP contribution >= 0.6 is 11.3 Å². The molecular formula is C26H23N6O4S+. The van der Waals surface area contributed by atoms with Crippen LogP contribution < -0.4 is 14.9 Å². The SMILES string of the molecule is CCOc1ccc2nc(-[n+]3nc(-c4ccc(NC(C)=O)cc4)nn3-c3ccc(C(=O)O)cc3C)sc2c1. The number of carbonyl (C=O) groups excluding carboxylic acids is 1. The number of benzene rings is 3. The quantitative estimate of drug-likeness (QED) is 0.312. The molecule has 0 atom stereocenters. The van der Waals surface area contributed by atoms with Gasteiger partial charge in [0.1, 0.15) is 11.4 Å². The molecule has 0 aliphatic rings. The Labute approximate surface area is 215 Å². The van der Waals surface area contributed by atoms with Crippen molar-refractivity contribution in [3.8, 4) is 28.0 Å². The molecule has 0 bridgehead atoms. The smallest absolute Gasteiger partial charge is 0.365 e. The molecule has 0 aliphatic heterocycles. The molecule has 5 aromatic rings. The number of thiazole rings is 1. The number of aryl methyl sites for hydroxylation is 1. The van der Waals surface area contributed by atoms with E-state index in [-0.39, 0.29) is 11.5 Å². The molecule has 0 saturated carbocycles. The highest BCUT2D eigenvalue weighted by atomic mass is 32.1. The molecule has 186 valence electrons. The fraction of sp³-hybridized carbons (Fsp3) is 0.154. The summed E-state index contributed by atoms with van der Waals surface area (Å²) in [5.41, 5.74) is 3.76. The number of anilines is 1. The van der Waals surface area contributed by atoms with Gasteiger partial charge >= 0.3 is 11.1 Å². The molecule has 0 spiro atoms. The lowest BCUT2D eigenvalue weighted by molar-refractivity contribution is -0.734. The summed E-state index contributed by atoms with van der Waals surface area (Å²) in [7, 11) is 0. The van der Waals surface area contributed by atoms with Crippen molar-refractivity contribution in [2.45, 2.75) is 20.8 Å². The number of ether oxygens (including phenoxy) is 1. The molecular weight excluding hydrogens is 492 g/mol. The van der Waals surface area contributed by atoms with E-state index in [0.29, 0.717) is 34.5 Å². The molecule has 0 saturated heterocycles. The molecule has 0 aliphatic carbocycles. The van der Waals surface area contributed by atoms with E-state index in [0.717, 1.165) is 21.5 Å². The van der Waals surface area contributed by atoms with Gasteiger partial charge < -0.3 is 15.2 Å². The number of hydrogen-bond donors (Lipinski definition) is 2. The predicted octanol–water partition coefficient (Wildman–Crippen LogP) is 4.18. The second kappa shape index (κ2) is 9.78. The molecule has 2 aromatic heterocycles. The first-order valence-corrected chi connectivity index (χ1v) is 12.3. The number of tetrazole rings is 1. The molecule has 1 amide bonds. The first kappa shape index (κ1) is 24.1. The molecule has 0 radical (unpaired) electrons. The van der Waals surface area contributed by atoms with Crippen LogP contribution in [0.2, 0.25) is 0 Å². The number of rotatable bonds is 7. The van der Waals surface area contributed by atoms with Gasteiger partial charge in [0.15, 0.2) is 5.52 Å². The van der Waals surface area contributed by atoms with E-state index in [1.165, 1.54) is 24.3 Å². The molecule has 0 fully saturated rings. The Hall–Kier alpha value is -4.64. The Balaban J connectivity index is 1.64. The van der Waals surface area contributed by atoms with Crippen molar-refractivity contribution in [2.24, 2.45) is 0 Å². The van der Waals surface area contributed by atoms with Crippen molar-refractivity contribution in [3.05, 3.63) is 71.8 Å². The van der Waals surface area contributed by atoms with Gasteiger partial charge in [-0.05, 0) is 88.7 Å². The fourth-order valence-electron chi connectivity index (χ4n) is 3.83. The zero-order valence-electron chi connectivity index (χ0n) is 20.3. The van der Waals surface area contributed by atoms with Gasteiger partial charge in [-0.15, -0.1) is 0 Å². The van der Waals surface area contributed by atoms with E-state index < -0.39 is 5.97 Å². The largest absolute Gasteiger partial charge is 0.494 e. The van der Waals surface area contributed by atoms with Gasteiger partial charge in [-0.25, -0.2) is 4.79 Å². The molecule has 5 rings (SSSR count). The number of carbonyl (C=O) groups is 2. The Bertz CT molecular complexity index is 1640. The Morgan fingerprint density at radius 2 is 1.89 bits per heavy atom. The number of aromatic nitrogens is 5. The molecule has 2 N–H and O–H groups in total. The predicted molar refractivity (Wildman–Crippen MR) is 139 cm³/mol. The topological polar surface area (TPSA) is 123 Å². The normalized spacial score (nSPS) is 11.0.